The fraction of sp³-hybridized carbons (Fsp3) is 0.125. The average molecular weight is 370 g/mol. The lowest BCUT2D eigenvalue weighted by Crippen LogP contribution is -2.30. The molecule has 2 aromatic rings. The van der Waals surface area contributed by atoms with Crippen molar-refractivity contribution in [3.05, 3.63) is 52.0 Å². The first-order valence-corrected chi connectivity index (χ1v) is 7.52. The van der Waals surface area contributed by atoms with Gasteiger partial charge >= 0.3 is 5.97 Å². The van der Waals surface area contributed by atoms with E-state index in [1.165, 1.54) is 31.2 Å². The summed E-state index contributed by atoms with van der Waals surface area (Å²) in [5.41, 5.74) is -0.192. The summed E-state index contributed by atoms with van der Waals surface area (Å²) in [5, 5.41) is 21.6. The number of aromatic hydroxyl groups is 1. The molecule has 126 valence electrons. The lowest BCUT2D eigenvalue weighted by molar-refractivity contribution is -0.122. The van der Waals surface area contributed by atoms with Crippen LogP contribution in [-0.4, -0.2) is 28.2 Å². The van der Waals surface area contributed by atoms with Gasteiger partial charge in [-0.2, -0.15) is 0 Å². The molecule has 0 aliphatic rings. The standard InChI is InChI=1S/C16H13Cl2NO5/c1-8(24-14-5-2-9(17)6-12(14)18)15(21)19-13-4-3-10(20)7-11(13)16(22)23/h2-8,20H,1H3,(H,19,21)(H,22,23)/t8-/m1/s1. The number of phenols is 1. The molecule has 0 bridgehead atoms. The maximum Gasteiger partial charge on any atom is 0.337 e. The number of benzene rings is 2. The number of phenolic OH excluding ortho intramolecular Hbond substituents is 1. The maximum atomic E-state index is 12.2. The van der Waals surface area contributed by atoms with E-state index in [9.17, 15) is 14.7 Å². The summed E-state index contributed by atoms with van der Waals surface area (Å²) in [4.78, 5) is 23.4. The van der Waals surface area contributed by atoms with Crippen molar-refractivity contribution in [1.82, 2.24) is 0 Å². The topological polar surface area (TPSA) is 95.9 Å². The number of halogens is 2. The van der Waals surface area contributed by atoms with Crippen LogP contribution in [0.25, 0.3) is 0 Å². The van der Waals surface area contributed by atoms with Gasteiger partial charge in [-0.05, 0) is 43.3 Å². The second-order valence-corrected chi connectivity index (χ2v) is 5.70. The molecular formula is C16H13Cl2NO5. The molecule has 0 fully saturated rings. The van der Waals surface area contributed by atoms with Crippen LogP contribution in [0.2, 0.25) is 10.0 Å². The molecule has 6 nitrogen and oxygen atoms in total. The highest BCUT2D eigenvalue weighted by atomic mass is 35.5. The fourth-order valence-electron chi connectivity index (χ4n) is 1.87. The molecule has 0 spiro atoms. The summed E-state index contributed by atoms with van der Waals surface area (Å²) in [5.74, 6) is -1.81. The number of amides is 1. The third-order valence-electron chi connectivity index (χ3n) is 3.06. The van der Waals surface area contributed by atoms with Crippen LogP contribution in [0.15, 0.2) is 36.4 Å². The highest BCUT2D eigenvalue weighted by Gasteiger charge is 2.19. The molecule has 1 atom stereocenters. The molecule has 0 aliphatic heterocycles. The van der Waals surface area contributed by atoms with E-state index >= 15 is 0 Å². The molecule has 3 N–H and O–H groups in total. The van der Waals surface area contributed by atoms with E-state index < -0.39 is 18.0 Å². The van der Waals surface area contributed by atoms with Crippen molar-refractivity contribution in [3.8, 4) is 11.5 Å². The van der Waals surface area contributed by atoms with Crippen LogP contribution in [0, 0.1) is 0 Å². The van der Waals surface area contributed by atoms with Crippen molar-refractivity contribution in [2.24, 2.45) is 0 Å². The summed E-state index contributed by atoms with van der Waals surface area (Å²) in [7, 11) is 0. The van der Waals surface area contributed by atoms with E-state index in [0.717, 1.165) is 6.07 Å². The van der Waals surface area contributed by atoms with Crippen LogP contribution in [0.5, 0.6) is 11.5 Å². The number of nitrogens with one attached hydrogen (secondary N) is 1. The lowest BCUT2D eigenvalue weighted by Gasteiger charge is -2.16. The predicted molar refractivity (Wildman–Crippen MR) is 90.2 cm³/mol. The fourth-order valence-corrected chi connectivity index (χ4v) is 2.32. The lowest BCUT2D eigenvalue weighted by atomic mass is 10.1. The monoisotopic (exact) mass is 369 g/mol. The van der Waals surface area contributed by atoms with E-state index in [2.05, 4.69) is 5.32 Å². The first kappa shape index (κ1) is 17.9. The van der Waals surface area contributed by atoms with Crippen LogP contribution in [0.3, 0.4) is 0 Å². The Hall–Kier alpha value is -2.44. The molecule has 2 aromatic carbocycles. The van der Waals surface area contributed by atoms with Crippen molar-refractivity contribution < 1.29 is 24.5 Å². The Morgan fingerprint density at radius 1 is 1.17 bits per heavy atom. The molecule has 0 aliphatic carbocycles. The van der Waals surface area contributed by atoms with Gasteiger partial charge in [0.05, 0.1) is 16.3 Å². The summed E-state index contributed by atoms with van der Waals surface area (Å²) in [6.07, 6.45) is -0.945. The molecule has 0 saturated heterocycles. The van der Waals surface area contributed by atoms with E-state index in [0.29, 0.717) is 5.02 Å². The van der Waals surface area contributed by atoms with Crippen molar-refractivity contribution in [1.29, 1.82) is 0 Å². The van der Waals surface area contributed by atoms with E-state index in [1.54, 1.807) is 6.07 Å². The molecule has 2 rings (SSSR count). The normalized spacial score (nSPS) is 11.6. The molecule has 0 saturated carbocycles. The SMILES string of the molecule is C[C@@H](Oc1ccc(Cl)cc1Cl)C(=O)Nc1ccc(O)cc1C(=O)O. The van der Waals surface area contributed by atoms with Crippen LogP contribution in [0.4, 0.5) is 5.69 Å². The van der Waals surface area contributed by atoms with Crippen LogP contribution in [0.1, 0.15) is 17.3 Å². The van der Waals surface area contributed by atoms with Gasteiger partial charge in [0.15, 0.2) is 6.10 Å². The number of hydrogen-bond donors (Lipinski definition) is 3. The predicted octanol–water partition coefficient (Wildman–Crippen LogP) is 3.80. The number of aromatic carboxylic acids is 1. The Morgan fingerprint density at radius 3 is 2.50 bits per heavy atom. The minimum Gasteiger partial charge on any atom is -0.508 e. The number of carbonyl (C=O) groups excluding carboxylic acids is 1. The molecule has 1 amide bonds. The van der Waals surface area contributed by atoms with Crippen molar-refractivity contribution in [2.45, 2.75) is 13.0 Å². The average Bonchev–Trinajstić information content (AvgIpc) is 2.51. The van der Waals surface area contributed by atoms with Crippen LogP contribution >= 0.6 is 23.2 Å². The summed E-state index contributed by atoms with van der Waals surface area (Å²) >= 11 is 11.8. The zero-order chi connectivity index (χ0) is 17.9. The van der Waals surface area contributed by atoms with Gasteiger partial charge in [-0.3, -0.25) is 4.79 Å². The number of carboxylic acids is 1. The smallest absolute Gasteiger partial charge is 0.337 e. The minimum absolute atomic E-state index is 0.0444. The van der Waals surface area contributed by atoms with Gasteiger partial charge in [0.2, 0.25) is 0 Å². The Morgan fingerprint density at radius 2 is 1.88 bits per heavy atom. The van der Waals surface area contributed by atoms with Gasteiger partial charge in [-0.1, -0.05) is 23.2 Å². The van der Waals surface area contributed by atoms with E-state index in [-0.39, 0.29) is 27.8 Å². The minimum atomic E-state index is -1.28. The molecular weight excluding hydrogens is 357 g/mol. The second-order valence-electron chi connectivity index (χ2n) is 4.86. The Kier molecular flexibility index (Phi) is 5.54. The molecule has 0 heterocycles. The quantitative estimate of drug-likeness (QED) is 0.696. The number of ether oxygens (including phenoxy) is 1. The van der Waals surface area contributed by atoms with Crippen molar-refractivity contribution in [3.63, 3.8) is 0 Å². The zero-order valence-electron chi connectivity index (χ0n) is 12.4. The van der Waals surface area contributed by atoms with Gasteiger partial charge in [-0.15, -0.1) is 0 Å². The van der Waals surface area contributed by atoms with E-state index in [1.807, 2.05) is 0 Å². The first-order valence-electron chi connectivity index (χ1n) is 6.77. The third-order valence-corrected chi connectivity index (χ3v) is 3.59. The number of anilines is 1. The highest BCUT2D eigenvalue weighted by Crippen LogP contribution is 2.28. The van der Waals surface area contributed by atoms with Gasteiger partial charge in [0, 0.05) is 5.02 Å². The van der Waals surface area contributed by atoms with Gasteiger partial charge in [0.25, 0.3) is 5.91 Å². The van der Waals surface area contributed by atoms with Crippen molar-refractivity contribution >= 4 is 40.8 Å². The molecule has 8 heteroatoms. The summed E-state index contributed by atoms with van der Waals surface area (Å²) < 4.78 is 5.46. The molecule has 0 radical (unpaired) electrons. The summed E-state index contributed by atoms with van der Waals surface area (Å²) in [6, 6.07) is 8.17. The molecule has 24 heavy (non-hydrogen) atoms. The van der Waals surface area contributed by atoms with E-state index in [4.69, 9.17) is 33.0 Å². The van der Waals surface area contributed by atoms with Crippen LogP contribution < -0.4 is 10.1 Å². The maximum absolute atomic E-state index is 12.2. The third kappa shape index (κ3) is 4.31. The summed E-state index contributed by atoms with van der Waals surface area (Å²) in [6.45, 7) is 1.49. The Bertz CT molecular complexity index is 794. The Labute approximate surface area is 147 Å². The number of hydrogen-bond acceptors (Lipinski definition) is 4. The molecule has 0 unspecified atom stereocenters. The van der Waals surface area contributed by atoms with Crippen LogP contribution in [-0.2, 0) is 4.79 Å². The first-order chi connectivity index (χ1) is 11.3. The number of carbonyl (C=O) groups is 2. The highest BCUT2D eigenvalue weighted by molar-refractivity contribution is 6.35. The number of rotatable bonds is 5. The van der Waals surface area contributed by atoms with Gasteiger partial charge in [0.1, 0.15) is 11.5 Å². The van der Waals surface area contributed by atoms with Crippen molar-refractivity contribution in [2.75, 3.05) is 5.32 Å². The van der Waals surface area contributed by atoms with Gasteiger partial charge < -0.3 is 20.3 Å². The van der Waals surface area contributed by atoms with Gasteiger partial charge in [-0.25, -0.2) is 4.79 Å². The number of carboxylic acid groups (broad SMARTS) is 1. The molecule has 0 aromatic heterocycles. The largest absolute Gasteiger partial charge is 0.508 e. The zero-order valence-corrected chi connectivity index (χ0v) is 13.9. The second kappa shape index (κ2) is 7.42. The Balaban J connectivity index is 2.13.